The summed E-state index contributed by atoms with van der Waals surface area (Å²) >= 11 is 0. The van der Waals surface area contributed by atoms with Gasteiger partial charge in [0, 0.05) is 11.6 Å². The predicted molar refractivity (Wildman–Crippen MR) is 137 cm³/mol. The van der Waals surface area contributed by atoms with E-state index in [0.717, 1.165) is 44.9 Å². The summed E-state index contributed by atoms with van der Waals surface area (Å²) in [5.41, 5.74) is -2.06. The number of carbonyl (C=O) groups is 1. The average molecular weight is 585 g/mol. The molecule has 13 heteroatoms. The van der Waals surface area contributed by atoms with Gasteiger partial charge in [-0.1, -0.05) is 19.9 Å². The summed E-state index contributed by atoms with van der Waals surface area (Å²) in [7, 11) is -3.48. The van der Waals surface area contributed by atoms with Crippen LogP contribution >= 0.6 is 0 Å². The van der Waals surface area contributed by atoms with Crippen molar-refractivity contribution < 1.29 is 45.0 Å². The van der Waals surface area contributed by atoms with E-state index in [2.05, 4.69) is 18.8 Å². The Morgan fingerprint density at radius 3 is 2.40 bits per heavy atom. The van der Waals surface area contributed by atoms with Crippen LogP contribution in [0.4, 0.5) is 23.2 Å². The van der Waals surface area contributed by atoms with Gasteiger partial charge in [0.15, 0.2) is 0 Å². The first kappa shape index (κ1) is 29.4. The van der Waals surface area contributed by atoms with Crippen LogP contribution in [0.25, 0.3) is 11.5 Å². The number of halogens is 4. The first-order valence-electron chi connectivity index (χ1n) is 12.5. The number of nitrogens with one attached hydrogen (secondary N) is 1. The lowest BCUT2D eigenvalue weighted by Gasteiger charge is -2.31. The average Bonchev–Trinajstić information content (AvgIpc) is 3.39. The fourth-order valence-electron chi connectivity index (χ4n) is 5.03. The topological polar surface area (TPSA) is 119 Å². The largest absolute Gasteiger partial charge is 0.495 e. The fourth-order valence-corrected chi connectivity index (χ4v) is 5.96. The Kier molecular flexibility index (Phi) is 8.16. The SMILES string of the molecule is COc1cc(C(=O)O)c(F)cc1NS(=O)(=O)c1coc(-c2ccc(C3CCC(C(C)C)CC3)cc2C(F)(F)F)n1. The summed E-state index contributed by atoms with van der Waals surface area (Å²) in [4.78, 5) is 14.9. The number of anilines is 1. The summed E-state index contributed by atoms with van der Waals surface area (Å²) in [5, 5.41) is 8.30. The number of benzene rings is 2. The van der Waals surface area contributed by atoms with Gasteiger partial charge in [-0.25, -0.2) is 9.18 Å². The molecule has 1 aromatic heterocycles. The number of carboxylic acid groups (broad SMARTS) is 1. The first-order valence-corrected chi connectivity index (χ1v) is 14.0. The molecule has 0 bridgehead atoms. The van der Waals surface area contributed by atoms with Gasteiger partial charge in [-0.3, -0.25) is 4.72 Å². The molecule has 0 aliphatic heterocycles. The van der Waals surface area contributed by atoms with Gasteiger partial charge in [0.25, 0.3) is 10.0 Å². The van der Waals surface area contributed by atoms with Crippen LogP contribution in [0, 0.1) is 17.7 Å². The maximum Gasteiger partial charge on any atom is 0.417 e. The van der Waals surface area contributed by atoms with Crippen molar-refractivity contribution in [1.29, 1.82) is 0 Å². The van der Waals surface area contributed by atoms with Gasteiger partial charge in [0.1, 0.15) is 17.8 Å². The third-order valence-corrected chi connectivity index (χ3v) is 8.51. The summed E-state index contributed by atoms with van der Waals surface area (Å²) in [5.74, 6) is -2.65. The monoisotopic (exact) mass is 584 g/mol. The molecule has 8 nitrogen and oxygen atoms in total. The molecule has 0 amide bonds. The van der Waals surface area contributed by atoms with Gasteiger partial charge >= 0.3 is 12.1 Å². The van der Waals surface area contributed by atoms with Crippen LogP contribution in [-0.2, 0) is 16.2 Å². The molecule has 1 heterocycles. The van der Waals surface area contributed by atoms with E-state index in [1.54, 1.807) is 6.07 Å². The van der Waals surface area contributed by atoms with Gasteiger partial charge in [-0.2, -0.15) is 26.6 Å². The highest BCUT2D eigenvalue weighted by molar-refractivity contribution is 7.92. The first-order chi connectivity index (χ1) is 18.7. The molecule has 1 saturated carbocycles. The van der Waals surface area contributed by atoms with E-state index in [1.807, 2.05) is 4.72 Å². The second-order valence-corrected chi connectivity index (χ2v) is 11.7. The zero-order valence-corrected chi connectivity index (χ0v) is 22.7. The molecule has 40 heavy (non-hydrogen) atoms. The van der Waals surface area contributed by atoms with Gasteiger partial charge in [0.2, 0.25) is 10.9 Å². The summed E-state index contributed by atoms with van der Waals surface area (Å²) in [6, 6.07) is 5.28. The molecular weight excluding hydrogens is 556 g/mol. The van der Waals surface area contributed by atoms with Crippen LogP contribution in [0.3, 0.4) is 0 Å². The number of rotatable bonds is 8. The lowest BCUT2D eigenvalue weighted by atomic mass is 9.74. The molecular formula is C27H28F4N2O6S. The van der Waals surface area contributed by atoms with Gasteiger partial charge in [-0.15, -0.1) is 0 Å². The normalized spacial score (nSPS) is 18.1. The van der Waals surface area contributed by atoms with Crippen molar-refractivity contribution in [2.45, 2.75) is 56.7 Å². The highest BCUT2D eigenvalue weighted by Crippen LogP contribution is 2.43. The molecule has 2 aromatic carbocycles. The Morgan fingerprint density at radius 1 is 1.15 bits per heavy atom. The Hall–Kier alpha value is -3.61. The van der Waals surface area contributed by atoms with Crippen molar-refractivity contribution in [3.63, 3.8) is 0 Å². The Bertz CT molecular complexity index is 1510. The molecule has 216 valence electrons. The van der Waals surface area contributed by atoms with Crippen LogP contribution in [-0.4, -0.2) is 31.6 Å². The number of hydrogen-bond acceptors (Lipinski definition) is 6. The Balaban J connectivity index is 1.63. The molecule has 0 saturated heterocycles. The van der Waals surface area contributed by atoms with E-state index < -0.39 is 61.3 Å². The van der Waals surface area contributed by atoms with Crippen molar-refractivity contribution in [1.82, 2.24) is 4.98 Å². The molecule has 0 radical (unpaired) electrons. The highest BCUT2D eigenvalue weighted by atomic mass is 32.2. The molecule has 0 spiro atoms. The number of nitrogens with zero attached hydrogens (tertiary/aromatic N) is 1. The number of aromatic nitrogens is 1. The minimum absolute atomic E-state index is 0.0160. The maximum absolute atomic E-state index is 14.2. The van der Waals surface area contributed by atoms with Crippen molar-refractivity contribution in [3.8, 4) is 17.2 Å². The standard InChI is InChI=1S/C27H28F4N2O6S/c1-14(2)15-4-6-16(7-5-15)17-8-9-18(20(10-17)27(29,30)31)25-32-24(13-39-25)40(36,37)33-22-12-21(28)19(26(34)35)11-23(22)38-3/h8-16,33H,4-7H2,1-3H3,(H,34,35). The van der Waals surface area contributed by atoms with E-state index in [-0.39, 0.29) is 11.7 Å². The molecule has 4 rings (SSSR count). The van der Waals surface area contributed by atoms with Crippen LogP contribution in [0.1, 0.15) is 66.9 Å². The third kappa shape index (κ3) is 6.08. The van der Waals surface area contributed by atoms with E-state index in [4.69, 9.17) is 14.3 Å². The Labute approximate surface area is 228 Å². The lowest BCUT2D eigenvalue weighted by molar-refractivity contribution is -0.137. The third-order valence-electron chi connectivity index (χ3n) is 7.29. The van der Waals surface area contributed by atoms with Gasteiger partial charge in [-0.05, 0) is 67.2 Å². The molecule has 1 fully saturated rings. The zero-order valence-electron chi connectivity index (χ0n) is 21.9. The number of sulfonamides is 1. The second kappa shape index (κ2) is 11.1. The van der Waals surface area contributed by atoms with Crippen LogP contribution in [0.2, 0.25) is 0 Å². The molecule has 2 N–H and O–H groups in total. The van der Waals surface area contributed by atoms with E-state index in [1.165, 1.54) is 6.07 Å². The Morgan fingerprint density at radius 2 is 1.82 bits per heavy atom. The second-order valence-electron chi connectivity index (χ2n) is 10.1. The molecule has 0 atom stereocenters. The zero-order chi connectivity index (χ0) is 29.4. The fraction of sp³-hybridized carbons (Fsp3) is 0.407. The van der Waals surface area contributed by atoms with E-state index in [0.29, 0.717) is 29.7 Å². The van der Waals surface area contributed by atoms with Crippen molar-refractivity contribution >= 4 is 21.7 Å². The molecule has 0 unspecified atom stereocenters. The van der Waals surface area contributed by atoms with E-state index >= 15 is 0 Å². The summed E-state index contributed by atoms with van der Waals surface area (Å²) in [6.07, 6.45) is -0.662. The highest BCUT2D eigenvalue weighted by Gasteiger charge is 2.37. The van der Waals surface area contributed by atoms with Gasteiger partial charge in [0.05, 0.1) is 23.9 Å². The number of oxazole rings is 1. The quantitative estimate of drug-likeness (QED) is 0.276. The lowest BCUT2D eigenvalue weighted by Crippen LogP contribution is -2.18. The van der Waals surface area contributed by atoms with Crippen LogP contribution in [0.15, 0.2) is 46.0 Å². The van der Waals surface area contributed by atoms with E-state index in [9.17, 15) is 30.8 Å². The number of carboxylic acids is 1. The summed E-state index contributed by atoms with van der Waals surface area (Å²) in [6.45, 7) is 4.29. The van der Waals surface area contributed by atoms with Crippen LogP contribution in [0.5, 0.6) is 5.75 Å². The molecule has 1 aliphatic rings. The van der Waals surface area contributed by atoms with Crippen LogP contribution < -0.4 is 9.46 Å². The number of ether oxygens (including phenoxy) is 1. The van der Waals surface area contributed by atoms with Gasteiger partial charge < -0.3 is 14.3 Å². The smallest absolute Gasteiger partial charge is 0.417 e. The van der Waals surface area contributed by atoms with Crippen molar-refractivity contribution in [2.24, 2.45) is 11.8 Å². The molecule has 1 aliphatic carbocycles. The minimum atomic E-state index is -4.76. The number of aromatic carboxylic acids is 1. The van der Waals surface area contributed by atoms with Crippen molar-refractivity contribution in [3.05, 3.63) is 59.1 Å². The number of hydrogen-bond donors (Lipinski definition) is 2. The molecule has 3 aromatic rings. The number of methoxy groups -OCH3 is 1. The predicted octanol–water partition coefficient (Wildman–Crippen LogP) is 6.94. The summed E-state index contributed by atoms with van der Waals surface area (Å²) < 4.78 is 94.4. The number of alkyl halides is 3. The van der Waals surface area contributed by atoms with Crippen molar-refractivity contribution in [2.75, 3.05) is 11.8 Å². The maximum atomic E-state index is 14.2. The minimum Gasteiger partial charge on any atom is -0.495 e.